The number of nitrogens with two attached hydrogens (primary N) is 1. The second-order valence-electron chi connectivity index (χ2n) is 6.33. The summed E-state index contributed by atoms with van der Waals surface area (Å²) >= 11 is 0. The van der Waals surface area contributed by atoms with Crippen molar-refractivity contribution in [3.05, 3.63) is 47.5 Å². The Morgan fingerprint density at radius 1 is 1.04 bits per heavy atom. The monoisotopic (exact) mass is 360 g/mol. The van der Waals surface area contributed by atoms with Gasteiger partial charge in [-0.05, 0) is 54.7 Å². The van der Waals surface area contributed by atoms with Crippen molar-refractivity contribution in [2.75, 3.05) is 18.9 Å². The summed E-state index contributed by atoms with van der Waals surface area (Å²) in [5.74, 6) is 1.04. The molecule has 0 amide bonds. The Morgan fingerprint density at radius 2 is 1.84 bits per heavy atom. The van der Waals surface area contributed by atoms with Crippen LogP contribution in [0.5, 0.6) is 11.5 Å². The molecule has 0 saturated carbocycles. The summed E-state index contributed by atoms with van der Waals surface area (Å²) in [6, 6.07) is 10.1. The van der Waals surface area contributed by atoms with Gasteiger partial charge >= 0.3 is 0 Å². The van der Waals surface area contributed by atoms with Crippen molar-refractivity contribution in [1.82, 2.24) is 4.72 Å². The fourth-order valence-corrected chi connectivity index (χ4v) is 4.67. The summed E-state index contributed by atoms with van der Waals surface area (Å²) in [4.78, 5) is 0.180. The van der Waals surface area contributed by atoms with Crippen LogP contribution in [0, 0.1) is 0 Å². The molecule has 25 heavy (non-hydrogen) atoms. The molecule has 7 heteroatoms. The number of anilines is 1. The lowest BCUT2D eigenvalue weighted by atomic mass is 9.88. The molecule has 1 aliphatic carbocycles. The Kier molecular flexibility index (Phi) is 4.05. The number of sulfonamides is 1. The first-order valence-corrected chi connectivity index (χ1v) is 9.81. The standard InChI is InChI=1S/C18H20N2O4S/c19-13-4-6-15-12(10-13)2-1-3-16(15)20-25(21,22)14-5-7-17-18(11-14)24-9-8-23-17/h4-7,10-11,16,20H,1-3,8-9,19H2. The molecule has 0 saturated heterocycles. The maximum atomic E-state index is 12.8. The quantitative estimate of drug-likeness (QED) is 0.820. The first-order valence-electron chi connectivity index (χ1n) is 8.33. The molecule has 0 radical (unpaired) electrons. The third kappa shape index (κ3) is 3.17. The van der Waals surface area contributed by atoms with Crippen LogP contribution in [-0.2, 0) is 16.4 Å². The van der Waals surface area contributed by atoms with E-state index in [2.05, 4.69) is 4.72 Å². The zero-order valence-electron chi connectivity index (χ0n) is 13.7. The molecule has 0 aromatic heterocycles. The van der Waals surface area contributed by atoms with Crippen LogP contribution in [0.3, 0.4) is 0 Å². The highest BCUT2D eigenvalue weighted by Gasteiger charge is 2.27. The van der Waals surface area contributed by atoms with Crippen molar-refractivity contribution in [3.63, 3.8) is 0 Å². The number of ether oxygens (including phenoxy) is 2. The molecule has 0 bridgehead atoms. The smallest absolute Gasteiger partial charge is 0.241 e. The number of nitrogens with one attached hydrogen (secondary N) is 1. The predicted molar refractivity (Wildman–Crippen MR) is 94.3 cm³/mol. The summed E-state index contributed by atoms with van der Waals surface area (Å²) in [5, 5.41) is 0. The highest BCUT2D eigenvalue weighted by molar-refractivity contribution is 7.89. The molecule has 0 fully saturated rings. The molecule has 2 aromatic carbocycles. The molecular formula is C18H20N2O4S. The van der Waals surface area contributed by atoms with E-state index in [4.69, 9.17) is 15.2 Å². The normalized spacial score (nSPS) is 19.3. The van der Waals surface area contributed by atoms with Gasteiger partial charge in [-0.25, -0.2) is 13.1 Å². The van der Waals surface area contributed by atoms with E-state index in [1.54, 1.807) is 12.1 Å². The van der Waals surface area contributed by atoms with Gasteiger partial charge in [0.05, 0.1) is 4.90 Å². The average molecular weight is 360 g/mol. The van der Waals surface area contributed by atoms with E-state index >= 15 is 0 Å². The topological polar surface area (TPSA) is 90.7 Å². The van der Waals surface area contributed by atoms with Crippen LogP contribution in [-0.4, -0.2) is 21.6 Å². The molecule has 3 N–H and O–H groups in total. The van der Waals surface area contributed by atoms with Crippen LogP contribution in [0.4, 0.5) is 5.69 Å². The molecule has 4 rings (SSSR count). The Hall–Kier alpha value is -2.25. The first-order chi connectivity index (χ1) is 12.0. The fourth-order valence-electron chi connectivity index (χ4n) is 3.40. The van der Waals surface area contributed by atoms with Gasteiger partial charge in [0.15, 0.2) is 11.5 Å². The van der Waals surface area contributed by atoms with Gasteiger partial charge in [-0.2, -0.15) is 0 Å². The average Bonchev–Trinajstić information content (AvgIpc) is 2.61. The van der Waals surface area contributed by atoms with Crippen LogP contribution in [0.2, 0.25) is 0 Å². The number of hydrogen-bond donors (Lipinski definition) is 2. The zero-order chi connectivity index (χ0) is 17.4. The van der Waals surface area contributed by atoms with Gasteiger partial charge in [-0.15, -0.1) is 0 Å². The number of benzene rings is 2. The lowest BCUT2D eigenvalue weighted by molar-refractivity contribution is 0.171. The molecule has 1 heterocycles. The minimum atomic E-state index is -3.66. The zero-order valence-corrected chi connectivity index (χ0v) is 14.5. The summed E-state index contributed by atoms with van der Waals surface area (Å²) in [5.41, 5.74) is 8.66. The summed E-state index contributed by atoms with van der Waals surface area (Å²) in [6.45, 7) is 0.890. The fraction of sp³-hybridized carbons (Fsp3) is 0.333. The van der Waals surface area contributed by atoms with Gasteiger partial charge in [-0.3, -0.25) is 0 Å². The number of aryl methyl sites for hydroxylation is 1. The van der Waals surface area contributed by atoms with Crippen LogP contribution >= 0.6 is 0 Å². The maximum absolute atomic E-state index is 12.8. The van der Waals surface area contributed by atoms with Crippen LogP contribution in [0.25, 0.3) is 0 Å². The van der Waals surface area contributed by atoms with Crippen molar-refractivity contribution < 1.29 is 17.9 Å². The highest BCUT2D eigenvalue weighted by atomic mass is 32.2. The molecular weight excluding hydrogens is 340 g/mol. The van der Waals surface area contributed by atoms with Crippen LogP contribution < -0.4 is 19.9 Å². The van der Waals surface area contributed by atoms with E-state index in [1.165, 1.54) is 6.07 Å². The largest absolute Gasteiger partial charge is 0.486 e. The van der Waals surface area contributed by atoms with Crippen molar-refractivity contribution >= 4 is 15.7 Å². The molecule has 1 atom stereocenters. The molecule has 6 nitrogen and oxygen atoms in total. The predicted octanol–water partition coefficient (Wildman–Crippen LogP) is 2.40. The van der Waals surface area contributed by atoms with E-state index < -0.39 is 10.0 Å². The highest BCUT2D eigenvalue weighted by Crippen LogP contribution is 2.35. The molecule has 2 aliphatic rings. The van der Waals surface area contributed by atoms with E-state index in [0.29, 0.717) is 30.4 Å². The van der Waals surface area contributed by atoms with Gasteiger partial charge in [0.2, 0.25) is 10.0 Å². The van der Waals surface area contributed by atoms with Crippen molar-refractivity contribution in [1.29, 1.82) is 0 Å². The second-order valence-corrected chi connectivity index (χ2v) is 8.04. The third-order valence-corrected chi connectivity index (χ3v) is 6.07. The lowest BCUT2D eigenvalue weighted by Crippen LogP contribution is -2.31. The Bertz CT molecular complexity index is 911. The van der Waals surface area contributed by atoms with Gasteiger partial charge in [0.1, 0.15) is 13.2 Å². The molecule has 132 valence electrons. The Labute approximate surface area is 147 Å². The molecule has 1 unspecified atom stereocenters. The number of rotatable bonds is 3. The Balaban J connectivity index is 1.62. The van der Waals surface area contributed by atoms with Gasteiger partial charge in [0.25, 0.3) is 0 Å². The van der Waals surface area contributed by atoms with Gasteiger partial charge < -0.3 is 15.2 Å². The van der Waals surface area contributed by atoms with E-state index in [-0.39, 0.29) is 10.9 Å². The van der Waals surface area contributed by atoms with E-state index in [9.17, 15) is 8.42 Å². The Morgan fingerprint density at radius 3 is 2.68 bits per heavy atom. The van der Waals surface area contributed by atoms with E-state index in [0.717, 1.165) is 30.4 Å². The van der Waals surface area contributed by atoms with Crippen LogP contribution in [0.15, 0.2) is 41.3 Å². The SMILES string of the molecule is Nc1ccc2c(c1)CCCC2NS(=O)(=O)c1ccc2c(c1)OCCO2. The maximum Gasteiger partial charge on any atom is 0.241 e. The minimum Gasteiger partial charge on any atom is -0.486 e. The summed E-state index contributed by atoms with van der Waals surface area (Å²) < 4.78 is 39.4. The second kappa shape index (κ2) is 6.24. The molecule has 2 aromatic rings. The van der Waals surface area contributed by atoms with Gasteiger partial charge in [0, 0.05) is 17.8 Å². The van der Waals surface area contributed by atoms with Crippen molar-refractivity contribution in [2.45, 2.75) is 30.2 Å². The van der Waals surface area contributed by atoms with Crippen LogP contribution in [0.1, 0.15) is 30.0 Å². The molecule has 1 aliphatic heterocycles. The number of fused-ring (bicyclic) bond motifs is 2. The molecule has 0 spiro atoms. The number of hydrogen-bond acceptors (Lipinski definition) is 5. The lowest BCUT2D eigenvalue weighted by Gasteiger charge is -2.27. The van der Waals surface area contributed by atoms with Gasteiger partial charge in [-0.1, -0.05) is 6.07 Å². The number of nitrogen functional groups attached to an aromatic ring is 1. The minimum absolute atomic E-state index is 0.180. The summed E-state index contributed by atoms with van der Waals surface area (Å²) in [6.07, 6.45) is 2.61. The van der Waals surface area contributed by atoms with E-state index in [1.807, 2.05) is 18.2 Å². The first kappa shape index (κ1) is 16.2. The summed E-state index contributed by atoms with van der Waals surface area (Å²) in [7, 11) is -3.66. The van der Waals surface area contributed by atoms with Crippen molar-refractivity contribution in [2.24, 2.45) is 0 Å². The van der Waals surface area contributed by atoms with Crippen molar-refractivity contribution in [3.8, 4) is 11.5 Å². The third-order valence-electron chi connectivity index (χ3n) is 4.60.